The summed E-state index contributed by atoms with van der Waals surface area (Å²) >= 11 is 6.21. The van der Waals surface area contributed by atoms with Crippen molar-refractivity contribution in [3.8, 4) is 11.5 Å². The van der Waals surface area contributed by atoms with Crippen molar-refractivity contribution in [3.05, 3.63) is 22.7 Å². The molecule has 2 amide bonds. The fourth-order valence-electron chi connectivity index (χ4n) is 2.93. The van der Waals surface area contributed by atoms with E-state index < -0.39 is 6.04 Å². The molecule has 1 fully saturated rings. The molecule has 2 heterocycles. The van der Waals surface area contributed by atoms with Crippen LogP contribution in [-0.4, -0.2) is 49.1 Å². The maximum absolute atomic E-state index is 12.9. The molecule has 0 radical (unpaired) electrons. The van der Waals surface area contributed by atoms with E-state index in [9.17, 15) is 9.59 Å². The molecule has 6 nitrogen and oxygen atoms in total. The Kier molecular flexibility index (Phi) is 4.61. The summed E-state index contributed by atoms with van der Waals surface area (Å²) < 4.78 is 11.0. The van der Waals surface area contributed by atoms with Crippen LogP contribution in [-0.2, 0) is 4.79 Å². The predicted octanol–water partition coefficient (Wildman–Crippen LogP) is 1.85. The Hall–Kier alpha value is -1.95. The average molecular weight is 339 g/mol. The second-order valence-corrected chi connectivity index (χ2v) is 5.96. The minimum atomic E-state index is -0.461. The number of nitrogens with one attached hydrogen (secondary N) is 1. The molecule has 0 bridgehead atoms. The third-order valence-corrected chi connectivity index (χ3v) is 4.33. The summed E-state index contributed by atoms with van der Waals surface area (Å²) in [4.78, 5) is 26.6. The molecule has 0 spiro atoms. The highest BCUT2D eigenvalue weighted by atomic mass is 35.5. The Labute approximate surface area is 139 Å². The zero-order chi connectivity index (χ0) is 16.4. The molecule has 1 aromatic rings. The third-order valence-electron chi connectivity index (χ3n) is 4.05. The lowest BCUT2D eigenvalue weighted by atomic mass is 10.1. The minimum absolute atomic E-state index is 0.109. The minimum Gasteiger partial charge on any atom is -0.486 e. The number of hydrogen-bond donors (Lipinski definition) is 1. The van der Waals surface area contributed by atoms with Crippen molar-refractivity contribution < 1.29 is 19.1 Å². The summed E-state index contributed by atoms with van der Waals surface area (Å²) in [5.74, 6) is 0.615. The Morgan fingerprint density at radius 2 is 2.17 bits per heavy atom. The van der Waals surface area contributed by atoms with Gasteiger partial charge in [-0.2, -0.15) is 0 Å². The van der Waals surface area contributed by atoms with Crippen LogP contribution in [0.1, 0.15) is 30.1 Å². The first kappa shape index (κ1) is 15.9. The number of nitrogens with zero attached hydrogens (tertiary/aromatic N) is 1. The second kappa shape index (κ2) is 6.66. The molecule has 2 aliphatic heterocycles. The zero-order valence-corrected chi connectivity index (χ0v) is 13.7. The molecule has 1 aromatic carbocycles. The lowest BCUT2D eigenvalue weighted by Crippen LogP contribution is -2.46. The van der Waals surface area contributed by atoms with Crippen molar-refractivity contribution in [2.24, 2.45) is 0 Å². The van der Waals surface area contributed by atoms with Gasteiger partial charge in [-0.15, -0.1) is 0 Å². The van der Waals surface area contributed by atoms with E-state index in [0.29, 0.717) is 54.8 Å². The van der Waals surface area contributed by atoms with Crippen molar-refractivity contribution in [1.82, 2.24) is 10.2 Å². The molecule has 3 rings (SSSR count). The standard InChI is InChI=1S/C16H19ClN2O4/c1-2-12-15(20)18-4-3-5-19(12)16(21)10-8-11(17)14-13(9-10)22-6-7-23-14/h8-9,12H,2-7H2,1H3,(H,18,20)/t12-/m0/s1. The summed E-state index contributed by atoms with van der Waals surface area (Å²) in [6, 6.07) is 2.75. The first-order chi connectivity index (χ1) is 11.1. The molecule has 1 N–H and O–H groups in total. The van der Waals surface area contributed by atoms with E-state index in [2.05, 4.69) is 5.32 Å². The van der Waals surface area contributed by atoms with Gasteiger partial charge < -0.3 is 19.7 Å². The van der Waals surface area contributed by atoms with Crippen LogP contribution in [0.2, 0.25) is 5.02 Å². The molecule has 2 aliphatic rings. The fourth-order valence-corrected chi connectivity index (χ4v) is 3.19. The van der Waals surface area contributed by atoms with Gasteiger partial charge in [-0.25, -0.2) is 0 Å². The van der Waals surface area contributed by atoms with Crippen molar-refractivity contribution in [1.29, 1.82) is 0 Å². The normalized spacial score (nSPS) is 20.7. The lowest BCUT2D eigenvalue weighted by molar-refractivity contribution is -0.124. The van der Waals surface area contributed by atoms with Gasteiger partial charge in [-0.1, -0.05) is 18.5 Å². The first-order valence-electron chi connectivity index (χ1n) is 7.79. The number of amides is 2. The van der Waals surface area contributed by atoms with Gasteiger partial charge in [0.1, 0.15) is 19.3 Å². The summed E-state index contributed by atoms with van der Waals surface area (Å²) in [6.07, 6.45) is 1.29. The van der Waals surface area contributed by atoms with E-state index in [0.717, 1.165) is 6.42 Å². The van der Waals surface area contributed by atoms with Crippen LogP contribution in [0.15, 0.2) is 12.1 Å². The van der Waals surface area contributed by atoms with Crippen molar-refractivity contribution in [3.63, 3.8) is 0 Å². The topological polar surface area (TPSA) is 67.9 Å². The smallest absolute Gasteiger partial charge is 0.254 e. The van der Waals surface area contributed by atoms with E-state index in [1.165, 1.54) is 0 Å². The molecular formula is C16H19ClN2O4. The number of hydrogen-bond acceptors (Lipinski definition) is 4. The van der Waals surface area contributed by atoms with Crippen molar-refractivity contribution >= 4 is 23.4 Å². The van der Waals surface area contributed by atoms with Crippen LogP contribution in [0, 0.1) is 0 Å². The third kappa shape index (κ3) is 3.08. The number of carbonyl (C=O) groups is 2. The summed E-state index contributed by atoms with van der Waals surface area (Å²) in [5, 5.41) is 3.18. The molecule has 0 unspecified atom stereocenters. The van der Waals surface area contributed by atoms with Gasteiger partial charge in [-0.3, -0.25) is 9.59 Å². The summed E-state index contributed by atoms with van der Waals surface area (Å²) in [5.41, 5.74) is 0.410. The number of carbonyl (C=O) groups excluding carboxylic acids is 2. The number of ether oxygens (including phenoxy) is 2. The lowest BCUT2D eigenvalue weighted by Gasteiger charge is -2.28. The van der Waals surface area contributed by atoms with Crippen molar-refractivity contribution in [2.75, 3.05) is 26.3 Å². The predicted molar refractivity (Wildman–Crippen MR) is 85.2 cm³/mol. The Bertz CT molecular complexity index is 635. The van der Waals surface area contributed by atoms with Gasteiger partial charge in [0.05, 0.1) is 5.02 Å². The van der Waals surface area contributed by atoms with Crippen LogP contribution in [0.5, 0.6) is 11.5 Å². The highest BCUT2D eigenvalue weighted by Crippen LogP contribution is 2.38. The van der Waals surface area contributed by atoms with Crippen LogP contribution < -0.4 is 14.8 Å². The molecule has 1 saturated heterocycles. The SMILES string of the molecule is CC[C@H]1C(=O)NCCCN1C(=O)c1cc(Cl)c2c(c1)OCCO2. The van der Waals surface area contributed by atoms with Gasteiger partial charge in [0.15, 0.2) is 11.5 Å². The maximum Gasteiger partial charge on any atom is 0.254 e. The number of benzene rings is 1. The van der Waals surface area contributed by atoms with Gasteiger partial charge in [0, 0.05) is 18.7 Å². The number of fused-ring (bicyclic) bond motifs is 1. The van der Waals surface area contributed by atoms with Crippen LogP contribution in [0.4, 0.5) is 0 Å². The quantitative estimate of drug-likeness (QED) is 0.893. The molecule has 0 aromatic heterocycles. The van der Waals surface area contributed by atoms with E-state index in [-0.39, 0.29) is 11.8 Å². The molecule has 0 saturated carbocycles. The highest BCUT2D eigenvalue weighted by molar-refractivity contribution is 6.32. The first-order valence-corrected chi connectivity index (χ1v) is 8.17. The van der Waals surface area contributed by atoms with Gasteiger partial charge in [-0.05, 0) is 25.0 Å². The molecular weight excluding hydrogens is 320 g/mol. The van der Waals surface area contributed by atoms with E-state index in [1.54, 1.807) is 17.0 Å². The molecule has 23 heavy (non-hydrogen) atoms. The Morgan fingerprint density at radius 3 is 2.96 bits per heavy atom. The number of rotatable bonds is 2. The zero-order valence-electron chi connectivity index (χ0n) is 12.9. The largest absolute Gasteiger partial charge is 0.486 e. The molecule has 1 atom stereocenters. The summed E-state index contributed by atoms with van der Waals surface area (Å²) in [6.45, 7) is 3.87. The van der Waals surface area contributed by atoms with Crippen LogP contribution >= 0.6 is 11.6 Å². The monoisotopic (exact) mass is 338 g/mol. The van der Waals surface area contributed by atoms with Gasteiger partial charge in [0.2, 0.25) is 5.91 Å². The highest BCUT2D eigenvalue weighted by Gasteiger charge is 2.31. The molecule has 124 valence electrons. The average Bonchev–Trinajstić information content (AvgIpc) is 2.75. The second-order valence-electron chi connectivity index (χ2n) is 5.55. The summed E-state index contributed by atoms with van der Waals surface area (Å²) in [7, 11) is 0. The van der Waals surface area contributed by atoms with Gasteiger partial charge >= 0.3 is 0 Å². The maximum atomic E-state index is 12.9. The molecule has 7 heteroatoms. The van der Waals surface area contributed by atoms with Crippen LogP contribution in [0.25, 0.3) is 0 Å². The number of halogens is 1. The van der Waals surface area contributed by atoms with Gasteiger partial charge in [0.25, 0.3) is 5.91 Å². The fraction of sp³-hybridized carbons (Fsp3) is 0.500. The Morgan fingerprint density at radius 1 is 1.39 bits per heavy atom. The van der Waals surface area contributed by atoms with E-state index in [4.69, 9.17) is 21.1 Å². The van der Waals surface area contributed by atoms with E-state index in [1.807, 2.05) is 6.92 Å². The Balaban J connectivity index is 1.92. The molecule has 0 aliphatic carbocycles. The van der Waals surface area contributed by atoms with E-state index >= 15 is 0 Å². The van der Waals surface area contributed by atoms with Crippen molar-refractivity contribution in [2.45, 2.75) is 25.8 Å². The van der Waals surface area contributed by atoms with Crippen LogP contribution in [0.3, 0.4) is 0 Å².